The predicted octanol–water partition coefficient (Wildman–Crippen LogP) is 7.56. The molecule has 4 aromatic carbocycles. The van der Waals surface area contributed by atoms with Crippen LogP contribution in [-0.2, 0) is 4.79 Å². The molecule has 0 aliphatic heterocycles. The molecule has 166 valence electrons. The first-order valence-electron chi connectivity index (χ1n) is 11.2. The summed E-state index contributed by atoms with van der Waals surface area (Å²) in [5, 5.41) is 3.71. The van der Waals surface area contributed by atoms with E-state index in [9.17, 15) is 4.79 Å². The van der Waals surface area contributed by atoms with Crippen molar-refractivity contribution in [3.63, 3.8) is 0 Å². The van der Waals surface area contributed by atoms with Crippen molar-refractivity contribution in [1.82, 2.24) is 4.98 Å². The SMILES string of the molecule is Cc1ccc(-c2sc(NC(=O)C(c3ccccc3)c3ccccc3)nc2-c2ccccc2)cc1. The summed E-state index contributed by atoms with van der Waals surface area (Å²) in [5.74, 6) is -0.518. The van der Waals surface area contributed by atoms with Gasteiger partial charge in [-0.25, -0.2) is 4.98 Å². The quantitative estimate of drug-likeness (QED) is 0.284. The van der Waals surface area contributed by atoms with Crippen LogP contribution in [0.3, 0.4) is 0 Å². The van der Waals surface area contributed by atoms with Gasteiger partial charge in [0, 0.05) is 5.56 Å². The highest BCUT2D eigenvalue weighted by atomic mass is 32.1. The summed E-state index contributed by atoms with van der Waals surface area (Å²) in [7, 11) is 0. The first-order valence-corrected chi connectivity index (χ1v) is 12.0. The Labute approximate surface area is 203 Å². The third-order valence-corrected chi connectivity index (χ3v) is 6.77. The van der Waals surface area contributed by atoms with Crippen LogP contribution in [0.25, 0.3) is 21.7 Å². The Morgan fingerprint density at radius 1 is 0.706 bits per heavy atom. The van der Waals surface area contributed by atoms with Crippen LogP contribution in [-0.4, -0.2) is 10.9 Å². The number of carbonyl (C=O) groups is 1. The zero-order chi connectivity index (χ0) is 23.3. The van der Waals surface area contributed by atoms with Gasteiger partial charge < -0.3 is 5.32 Å². The van der Waals surface area contributed by atoms with Gasteiger partial charge in [-0.2, -0.15) is 0 Å². The van der Waals surface area contributed by atoms with E-state index in [0.29, 0.717) is 5.13 Å². The van der Waals surface area contributed by atoms with Gasteiger partial charge in [0.25, 0.3) is 0 Å². The topological polar surface area (TPSA) is 42.0 Å². The Bertz CT molecular complexity index is 1340. The van der Waals surface area contributed by atoms with Crippen molar-refractivity contribution in [2.75, 3.05) is 5.32 Å². The van der Waals surface area contributed by atoms with Crippen LogP contribution < -0.4 is 5.32 Å². The Balaban J connectivity index is 1.53. The first-order chi connectivity index (χ1) is 16.7. The van der Waals surface area contributed by atoms with Crippen molar-refractivity contribution in [2.45, 2.75) is 12.8 Å². The van der Waals surface area contributed by atoms with Crippen LogP contribution in [0.5, 0.6) is 0 Å². The minimum atomic E-state index is -0.422. The molecule has 5 rings (SSSR count). The van der Waals surface area contributed by atoms with Gasteiger partial charge in [-0.15, -0.1) is 0 Å². The summed E-state index contributed by atoms with van der Waals surface area (Å²) in [6.07, 6.45) is 0. The molecule has 0 saturated carbocycles. The zero-order valence-corrected chi connectivity index (χ0v) is 19.6. The summed E-state index contributed by atoms with van der Waals surface area (Å²) in [6.45, 7) is 2.08. The van der Waals surface area contributed by atoms with Gasteiger partial charge >= 0.3 is 0 Å². The van der Waals surface area contributed by atoms with Gasteiger partial charge in [0.2, 0.25) is 5.91 Å². The average Bonchev–Trinajstić information content (AvgIpc) is 3.30. The van der Waals surface area contributed by atoms with Crippen molar-refractivity contribution < 1.29 is 4.79 Å². The third kappa shape index (κ3) is 4.68. The van der Waals surface area contributed by atoms with Crippen LogP contribution in [0, 0.1) is 6.92 Å². The van der Waals surface area contributed by atoms with E-state index in [1.807, 2.05) is 78.9 Å². The summed E-state index contributed by atoms with van der Waals surface area (Å²) in [4.78, 5) is 19.5. The Hall–Kier alpha value is -4.02. The second kappa shape index (κ2) is 9.86. The van der Waals surface area contributed by atoms with Gasteiger partial charge in [-0.3, -0.25) is 4.79 Å². The van der Waals surface area contributed by atoms with Crippen molar-refractivity contribution in [3.05, 3.63) is 132 Å². The van der Waals surface area contributed by atoms with E-state index in [1.54, 1.807) is 0 Å². The van der Waals surface area contributed by atoms with E-state index in [-0.39, 0.29) is 5.91 Å². The largest absolute Gasteiger partial charge is 0.301 e. The van der Waals surface area contributed by atoms with Gasteiger partial charge in [0.15, 0.2) is 5.13 Å². The fourth-order valence-corrected chi connectivity index (χ4v) is 5.03. The van der Waals surface area contributed by atoms with Crippen LogP contribution in [0.4, 0.5) is 5.13 Å². The molecule has 0 aliphatic rings. The second-order valence-corrected chi connectivity index (χ2v) is 9.17. The minimum Gasteiger partial charge on any atom is -0.301 e. The molecule has 0 saturated heterocycles. The number of hydrogen-bond donors (Lipinski definition) is 1. The van der Waals surface area contributed by atoms with Crippen molar-refractivity contribution in [3.8, 4) is 21.7 Å². The number of hydrogen-bond acceptors (Lipinski definition) is 3. The number of rotatable bonds is 6. The summed E-state index contributed by atoms with van der Waals surface area (Å²) < 4.78 is 0. The highest BCUT2D eigenvalue weighted by Crippen LogP contribution is 2.39. The predicted molar refractivity (Wildman–Crippen MR) is 141 cm³/mol. The van der Waals surface area contributed by atoms with E-state index < -0.39 is 5.92 Å². The van der Waals surface area contributed by atoms with Crippen LogP contribution >= 0.6 is 11.3 Å². The fraction of sp³-hybridized carbons (Fsp3) is 0.0667. The number of amides is 1. The molecule has 1 aromatic heterocycles. The fourth-order valence-electron chi connectivity index (χ4n) is 4.03. The van der Waals surface area contributed by atoms with Crippen LogP contribution in [0.1, 0.15) is 22.6 Å². The molecule has 0 unspecified atom stereocenters. The Morgan fingerprint density at radius 3 is 1.79 bits per heavy atom. The van der Waals surface area contributed by atoms with Crippen LogP contribution in [0.15, 0.2) is 115 Å². The molecular weight excluding hydrogens is 436 g/mol. The minimum absolute atomic E-state index is 0.0961. The summed E-state index contributed by atoms with van der Waals surface area (Å²) in [5.41, 5.74) is 6.09. The maximum absolute atomic E-state index is 13.6. The lowest BCUT2D eigenvalue weighted by atomic mass is 9.90. The molecule has 4 heteroatoms. The molecule has 34 heavy (non-hydrogen) atoms. The average molecular weight is 461 g/mol. The van der Waals surface area contributed by atoms with Gasteiger partial charge in [0.1, 0.15) is 0 Å². The first kappa shape index (κ1) is 21.8. The number of aromatic nitrogens is 1. The van der Waals surface area contributed by atoms with Crippen molar-refractivity contribution >= 4 is 22.4 Å². The third-order valence-electron chi connectivity index (χ3n) is 5.75. The molecule has 0 spiro atoms. The normalized spacial score (nSPS) is 10.9. The maximum Gasteiger partial charge on any atom is 0.238 e. The Kier molecular flexibility index (Phi) is 6.32. The van der Waals surface area contributed by atoms with E-state index in [0.717, 1.165) is 32.8 Å². The molecule has 0 bridgehead atoms. The molecular formula is C30H24N2OS. The molecule has 5 aromatic rings. The van der Waals surface area contributed by atoms with Crippen LogP contribution in [0.2, 0.25) is 0 Å². The lowest BCUT2D eigenvalue weighted by Crippen LogP contribution is -2.22. The number of aryl methyl sites for hydroxylation is 1. The molecule has 0 fully saturated rings. The molecule has 1 heterocycles. The van der Waals surface area contributed by atoms with Gasteiger partial charge in [-0.1, -0.05) is 132 Å². The molecule has 1 N–H and O–H groups in total. The van der Waals surface area contributed by atoms with E-state index >= 15 is 0 Å². The zero-order valence-electron chi connectivity index (χ0n) is 18.8. The van der Waals surface area contributed by atoms with Gasteiger partial charge in [-0.05, 0) is 23.6 Å². The lowest BCUT2D eigenvalue weighted by molar-refractivity contribution is -0.116. The summed E-state index contributed by atoms with van der Waals surface area (Å²) >= 11 is 1.51. The Morgan fingerprint density at radius 2 is 1.24 bits per heavy atom. The molecule has 0 aliphatic carbocycles. The second-order valence-electron chi connectivity index (χ2n) is 8.17. The number of thiazole rings is 1. The molecule has 0 radical (unpaired) electrons. The number of nitrogens with one attached hydrogen (secondary N) is 1. The van der Waals surface area contributed by atoms with E-state index in [2.05, 4.69) is 48.6 Å². The molecule has 1 amide bonds. The van der Waals surface area contributed by atoms with E-state index in [4.69, 9.17) is 4.98 Å². The smallest absolute Gasteiger partial charge is 0.238 e. The maximum atomic E-state index is 13.6. The molecule has 0 atom stereocenters. The lowest BCUT2D eigenvalue weighted by Gasteiger charge is -2.17. The number of benzene rings is 4. The number of anilines is 1. The van der Waals surface area contributed by atoms with Gasteiger partial charge in [0.05, 0.1) is 16.5 Å². The van der Waals surface area contributed by atoms with Crippen molar-refractivity contribution in [2.24, 2.45) is 0 Å². The van der Waals surface area contributed by atoms with Crippen molar-refractivity contribution in [1.29, 1.82) is 0 Å². The highest BCUT2D eigenvalue weighted by Gasteiger charge is 2.24. The summed E-state index contributed by atoms with van der Waals surface area (Å²) in [6, 6.07) is 38.3. The standard InChI is InChI=1S/C30H24N2OS/c1-21-17-19-25(20-18-21)28-27(24-15-9-4-10-16-24)31-30(34-28)32-29(33)26(22-11-5-2-6-12-22)23-13-7-3-8-14-23/h2-20,26H,1H3,(H,31,32,33). The highest BCUT2D eigenvalue weighted by molar-refractivity contribution is 7.19. The number of nitrogens with zero attached hydrogens (tertiary/aromatic N) is 1. The van der Waals surface area contributed by atoms with E-state index in [1.165, 1.54) is 16.9 Å². The number of carbonyl (C=O) groups excluding carboxylic acids is 1. The monoisotopic (exact) mass is 460 g/mol. The molecule has 3 nitrogen and oxygen atoms in total.